The molecular formula is C16H16BrNOS. The highest BCUT2D eigenvalue weighted by Gasteiger charge is 2.27. The Balaban J connectivity index is 1.79. The fraction of sp³-hybridized carbons (Fsp3) is 0.312. The number of hydrogen-bond acceptors (Lipinski definition) is 2. The number of anilines is 1. The molecular weight excluding hydrogens is 334 g/mol. The molecule has 20 heavy (non-hydrogen) atoms. The van der Waals surface area contributed by atoms with Gasteiger partial charge in [0.25, 0.3) is 0 Å². The Morgan fingerprint density at radius 1 is 1.40 bits per heavy atom. The van der Waals surface area contributed by atoms with E-state index in [4.69, 9.17) is 0 Å². The zero-order valence-corrected chi connectivity index (χ0v) is 13.7. The Morgan fingerprint density at radius 2 is 2.25 bits per heavy atom. The van der Waals surface area contributed by atoms with Gasteiger partial charge in [0.1, 0.15) is 0 Å². The molecule has 0 radical (unpaired) electrons. The highest BCUT2D eigenvalue weighted by atomic mass is 79.9. The summed E-state index contributed by atoms with van der Waals surface area (Å²) in [6, 6.07) is 8.02. The van der Waals surface area contributed by atoms with Crippen LogP contribution in [0.2, 0.25) is 0 Å². The van der Waals surface area contributed by atoms with Crippen LogP contribution in [0.4, 0.5) is 5.69 Å². The number of fused-ring (bicyclic) bond motifs is 1. The molecule has 1 amide bonds. The molecule has 1 aromatic carbocycles. The molecule has 4 heteroatoms. The molecule has 1 aliphatic carbocycles. The van der Waals surface area contributed by atoms with E-state index in [0.29, 0.717) is 0 Å². The standard InChI is InChI=1S/C16H16BrNOS/c1-10-9-11(5-6-14(10)17)18-16(19)13-3-2-4-15-12(13)7-8-20-15/h5-9,13H,2-4H2,1H3,(H,18,19). The van der Waals surface area contributed by atoms with E-state index in [1.165, 1.54) is 10.4 Å². The average Bonchev–Trinajstić information content (AvgIpc) is 2.91. The third-order valence-corrected chi connectivity index (χ3v) is 5.68. The molecule has 104 valence electrons. The van der Waals surface area contributed by atoms with Crippen molar-refractivity contribution in [3.63, 3.8) is 0 Å². The normalized spacial score (nSPS) is 17.6. The minimum Gasteiger partial charge on any atom is -0.326 e. The van der Waals surface area contributed by atoms with Gasteiger partial charge in [0, 0.05) is 15.0 Å². The van der Waals surface area contributed by atoms with E-state index in [9.17, 15) is 4.79 Å². The first-order chi connectivity index (χ1) is 9.65. The SMILES string of the molecule is Cc1cc(NC(=O)C2CCCc3sccc32)ccc1Br. The van der Waals surface area contributed by atoms with E-state index in [1.807, 2.05) is 25.1 Å². The number of nitrogens with one attached hydrogen (secondary N) is 1. The second kappa shape index (κ2) is 5.70. The molecule has 1 N–H and O–H groups in total. The molecule has 2 aromatic rings. The van der Waals surface area contributed by atoms with Gasteiger partial charge in [-0.15, -0.1) is 11.3 Å². The monoisotopic (exact) mass is 349 g/mol. The maximum atomic E-state index is 12.5. The van der Waals surface area contributed by atoms with Gasteiger partial charge in [0.2, 0.25) is 5.91 Å². The maximum absolute atomic E-state index is 12.5. The second-order valence-electron chi connectivity index (χ2n) is 5.20. The zero-order chi connectivity index (χ0) is 14.1. The summed E-state index contributed by atoms with van der Waals surface area (Å²) in [6.45, 7) is 2.03. The number of halogens is 1. The Kier molecular flexibility index (Phi) is 3.94. The molecule has 3 rings (SSSR count). The summed E-state index contributed by atoms with van der Waals surface area (Å²) in [7, 11) is 0. The molecule has 0 fully saturated rings. The lowest BCUT2D eigenvalue weighted by Crippen LogP contribution is -2.23. The van der Waals surface area contributed by atoms with Gasteiger partial charge in [-0.05, 0) is 67.0 Å². The molecule has 0 saturated heterocycles. The Labute approximate surface area is 131 Å². The van der Waals surface area contributed by atoms with Gasteiger partial charge in [-0.2, -0.15) is 0 Å². The Morgan fingerprint density at radius 3 is 3.05 bits per heavy atom. The summed E-state index contributed by atoms with van der Waals surface area (Å²) in [5, 5.41) is 5.15. The fourth-order valence-corrected chi connectivity index (χ4v) is 3.94. The molecule has 1 unspecified atom stereocenters. The van der Waals surface area contributed by atoms with Crippen molar-refractivity contribution in [2.75, 3.05) is 5.32 Å². The summed E-state index contributed by atoms with van der Waals surface area (Å²) in [6.07, 6.45) is 3.17. The first-order valence-corrected chi connectivity index (χ1v) is 8.45. The minimum atomic E-state index is 0.00829. The van der Waals surface area contributed by atoms with Gasteiger partial charge in [-0.25, -0.2) is 0 Å². The lowest BCUT2D eigenvalue weighted by molar-refractivity contribution is -0.117. The van der Waals surface area contributed by atoms with Crippen molar-refractivity contribution in [2.24, 2.45) is 0 Å². The van der Waals surface area contributed by atoms with Crippen molar-refractivity contribution in [1.29, 1.82) is 0 Å². The van der Waals surface area contributed by atoms with E-state index >= 15 is 0 Å². The summed E-state index contributed by atoms with van der Waals surface area (Å²) in [4.78, 5) is 13.9. The Hall–Kier alpha value is -1.13. The van der Waals surface area contributed by atoms with Gasteiger partial charge in [-0.3, -0.25) is 4.79 Å². The topological polar surface area (TPSA) is 29.1 Å². The lowest BCUT2D eigenvalue weighted by Gasteiger charge is -2.22. The summed E-state index contributed by atoms with van der Waals surface area (Å²) in [5.74, 6) is 0.125. The molecule has 1 atom stereocenters. The molecule has 0 spiro atoms. The predicted molar refractivity (Wildman–Crippen MR) is 87.5 cm³/mol. The number of hydrogen-bond donors (Lipinski definition) is 1. The van der Waals surface area contributed by atoms with Gasteiger partial charge < -0.3 is 5.32 Å². The first kappa shape index (κ1) is 13.8. The summed E-state index contributed by atoms with van der Waals surface area (Å²) < 4.78 is 1.06. The molecule has 0 saturated carbocycles. The molecule has 0 bridgehead atoms. The summed E-state index contributed by atoms with van der Waals surface area (Å²) in [5.41, 5.74) is 3.23. The number of aryl methyl sites for hydroxylation is 2. The van der Waals surface area contributed by atoms with Crippen molar-refractivity contribution >= 4 is 38.9 Å². The Bertz CT molecular complexity index is 650. The van der Waals surface area contributed by atoms with Crippen molar-refractivity contribution in [2.45, 2.75) is 32.1 Å². The first-order valence-electron chi connectivity index (χ1n) is 6.78. The number of benzene rings is 1. The quantitative estimate of drug-likeness (QED) is 0.822. The van der Waals surface area contributed by atoms with Crippen LogP contribution in [0.25, 0.3) is 0 Å². The van der Waals surface area contributed by atoms with E-state index in [-0.39, 0.29) is 11.8 Å². The maximum Gasteiger partial charge on any atom is 0.231 e. The number of rotatable bonds is 2. The van der Waals surface area contributed by atoms with Crippen LogP contribution in [0.3, 0.4) is 0 Å². The van der Waals surface area contributed by atoms with Crippen LogP contribution in [0.1, 0.15) is 34.8 Å². The van der Waals surface area contributed by atoms with Crippen LogP contribution >= 0.6 is 27.3 Å². The lowest BCUT2D eigenvalue weighted by atomic mass is 9.87. The van der Waals surface area contributed by atoms with E-state index < -0.39 is 0 Å². The molecule has 1 heterocycles. The van der Waals surface area contributed by atoms with Crippen molar-refractivity contribution in [3.8, 4) is 0 Å². The van der Waals surface area contributed by atoms with Gasteiger partial charge in [0.15, 0.2) is 0 Å². The van der Waals surface area contributed by atoms with Gasteiger partial charge in [0.05, 0.1) is 5.92 Å². The largest absolute Gasteiger partial charge is 0.326 e. The van der Waals surface area contributed by atoms with Crippen molar-refractivity contribution in [1.82, 2.24) is 0 Å². The van der Waals surface area contributed by atoms with Crippen LogP contribution in [-0.4, -0.2) is 5.91 Å². The van der Waals surface area contributed by atoms with Crippen LogP contribution < -0.4 is 5.32 Å². The highest BCUT2D eigenvalue weighted by Crippen LogP contribution is 2.35. The smallest absolute Gasteiger partial charge is 0.231 e. The third-order valence-electron chi connectivity index (χ3n) is 3.79. The number of carbonyl (C=O) groups is 1. The molecule has 1 aliphatic rings. The van der Waals surface area contributed by atoms with Crippen molar-refractivity contribution < 1.29 is 4.79 Å². The van der Waals surface area contributed by atoms with Crippen LogP contribution in [0.15, 0.2) is 34.1 Å². The summed E-state index contributed by atoms with van der Waals surface area (Å²) >= 11 is 5.25. The average molecular weight is 350 g/mol. The van der Waals surface area contributed by atoms with Crippen LogP contribution in [0.5, 0.6) is 0 Å². The van der Waals surface area contributed by atoms with E-state index in [2.05, 4.69) is 32.7 Å². The highest BCUT2D eigenvalue weighted by molar-refractivity contribution is 9.10. The number of thiophene rings is 1. The number of carbonyl (C=O) groups excluding carboxylic acids is 1. The van der Waals surface area contributed by atoms with Crippen molar-refractivity contribution in [3.05, 3.63) is 50.1 Å². The third kappa shape index (κ3) is 2.67. The zero-order valence-electron chi connectivity index (χ0n) is 11.3. The van der Waals surface area contributed by atoms with E-state index in [1.54, 1.807) is 11.3 Å². The second-order valence-corrected chi connectivity index (χ2v) is 7.05. The molecule has 0 aliphatic heterocycles. The fourth-order valence-electron chi connectivity index (χ4n) is 2.71. The molecule has 2 nitrogen and oxygen atoms in total. The number of amides is 1. The van der Waals surface area contributed by atoms with Gasteiger partial charge >= 0.3 is 0 Å². The van der Waals surface area contributed by atoms with Gasteiger partial charge in [-0.1, -0.05) is 15.9 Å². The minimum absolute atomic E-state index is 0.00829. The predicted octanol–water partition coefficient (Wildman–Crippen LogP) is 4.88. The van der Waals surface area contributed by atoms with E-state index in [0.717, 1.165) is 35.0 Å². The molecule has 1 aromatic heterocycles. The van der Waals surface area contributed by atoms with Crippen LogP contribution in [0, 0.1) is 6.92 Å². The van der Waals surface area contributed by atoms with Crippen LogP contribution in [-0.2, 0) is 11.2 Å².